The molecular weight excluding hydrogens is 496 g/mol. The minimum Gasteiger partial charge on any atom is -0.492 e. The molecular formula is C36H45O4. The van der Waals surface area contributed by atoms with E-state index in [1.807, 2.05) is 65.8 Å². The molecule has 0 aliphatic rings. The monoisotopic (exact) mass is 541 g/mol. The molecule has 3 aromatic rings. The Morgan fingerprint density at radius 3 is 1.55 bits per heavy atom. The topological polar surface area (TPSA) is 52.6 Å². The summed E-state index contributed by atoms with van der Waals surface area (Å²) in [5.41, 5.74) is 7.66. The van der Waals surface area contributed by atoms with E-state index in [1.54, 1.807) is 6.07 Å². The summed E-state index contributed by atoms with van der Waals surface area (Å²) in [6, 6.07) is 12.9. The lowest BCUT2D eigenvalue weighted by Gasteiger charge is -2.21. The van der Waals surface area contributed by atoms with Crippen LogP contribution in [0.25, 0.3) is 0 Å². The first-order valence-corrected chi connectivity index (χ1v) is 14.7. The van der Waals surface area contributed by atoms with Crippen molar-refractivity contribution in [2.75, 3.05) is 13.2 Å². The molecule has 0 fully saturated rings. The van der Waals surface area contributed by atoms with E-state index in [4.69, 9.17) is 9.47 Å². The molecule has 4 heteroatoms. The Kier molecular flexibility index (Phi) is 11.1. The van der Waals surface area contributed by atoms with Crippen LogP contribution in [0.4, 0.5) is 0 Å². The molecule has 0 aliphatic carbocycles. The van der Waals surface area contributed by atoms with Gasteiger partial charge >= 0.3 is 0 Å². The number of hydrogen-bond acceptors (Lipinski definition) is 4. The maximum absolute atomic E-state index is 14.4. The minimum absolute atomic E-state index is 0.166. The molecule has 0 unspecified atom stereocenters. The molecule has 4 nitrogen and oxygen atoms in total. The summed E-state index contributed by atoms with van der Waals surface area (Å²) in [7, 11) is 0. The number of carbonyl (C=O) groups excluding carboxylic acids is 2. The molecule has 0 spiro atoms. The highest BCUT2D eigenvalue weighted by Gasteiger charge is 2.30. The smallest absolute Gasteiger partial charge is 0.201 e. The average Bonchev–Trinajstić information content (AvgIpc) is 2.87. The molecule has 0 amide bonds. The Morgan fingerprint density at radius 1 is 0.625 bits per heavy atom. The molecule has 40 heavy (non-hydrogen) atoms. The predicted octanol–water partition coefficient (Wildman–Crippen LogP) is 8.94. The standard InChI is InChI=1S/C36H45O4/c1-9-11-13-17-39-30-16-15-29(34(37)31-25(5)19-23(3)20-26(31)6)36(40-18-14-12-10-2)33(30)35(38)32-27(7)21-24(4)22-28(32)8/h15,19-22H,9-14,17-18H2,1-8H3. The molecule has 3 rings (SSSR count). The van der Waals surface area contributed by atoms with Crippen LogP contribution in [0.3, 0.4) is 0 Å². The lowest BCUT2D eigenvalue weighted by molar-refractivity contribution is 0.102. The van der Waals surface area contributed by atoms with E-state index in [0.717, 1.165) is 71.9 Å². The Balaban J connectivity index is 2.26. The van der Waals surface area contributed by atoms with Gasteiger partial charge in [0.1, 0.15) is 17.1 Å². The van der Waals surface area contributed by atoms with Crippen LogP contribution in [-0.2, 0) is 0 Å². The van der Waals surface area contributed by atoms with E-state index in [1.165, 1.54) is 0 Å². The molecule has 0 bridgehead atoms. The average molecular weight is 542 g/mol. The van der Waals surface area contributed by atoms with Crippen molar-refractivity contribution in [3.8, 4) is 11.5 Å². The zero-order valence-corrected chi connectivity index (χ0v) is 25.7. The number of aryl methyl sites for hydroxylation is 6. The summed E-state index contributed by atoms with van der Waals surface area (Å²) < 4.78 is 12.6. The van der Waals surface area contributed by atoms with Gasteiger partial charge in [-0.25, -0.2) is 0 Å². The van der Waals surface area contributed by atoms with E-state index in [0.29, 0.717) is 41.4 Å². The highest BCUT2D eigenvalue weighted by atomic mass is 16.5. The Bertz CT molecular complexity index is 1320. The van der Waals surface area contributed by atoms with E-state index in [2.05, 4.69) is 19.9 Å². The van der Waals surface area contributed by atoms with Crippen LogP contribution >= 0.6 is 0 Å². The van der Waals surface area contributed by atoms with Gasteiger partial charge in [0.05, 0.1) is 18.8 Å². The van der Waals surface area contributed by atoms with Gasteiger partial charge in [0, 0.05) is 17.2 Å². The van der Waals surface area contributed by atoms with Crippen LogP contribution in [0.5, 0.6) is 11.5 Å². The number of hydrogen-bond donors (Lipinski definition) is 0. The summed E-state index contributed by atoms with van der Waals surface area (Å²) in [5.74, 6) is 0.281. The first-order valence-electron chi connectivity index (χ1n) is 14.7. The van der Waals surface area contributed by atoms with Gasteiger partial charge in [0.2, 0.25) is 5.78 Å². The number of rotatable bonds is 14. The van der Waals surface area contributed by atoms with Crippen LogP contribution in [0, 0.1) is 47.6 Å². The molecule has 0 aliphatic heterocycles. The zero-order chi connectivity index (χ0) is 29.4. The van der Waals surface area contributed by atoms with Gasteiger partial charge in [-0.15, -0.1) is 0 Å². The van der Waals surface area contributed by atoms with E-state index >= 15 is 0 Å². The molecule has 0 N–H and O–H groups in total. The lowest BCUT2D eigenvalue weighted by atomic mass is 9.88. The van der Waals surface area contributed by atoms with E-state index in [9.17, 15) is 9.59 Å². The molecule has 3 aromatic carbocycles. The highest BCUT2D eigenvalue weighted by Crippen LogP contribution is 2.38. The third kappa shape index (κ3) is 7.21. The maximum atomic E-state index is 14.4. The van der Waals surface area contributed by atoms with Gasteiger partial charge in [-0.1, -0.05) is 74.9 Å². The summed E-state index contributed by atoms with van der Waals surface area (Å²) in [5, 5.41) is 0. The number of ketones is 2. The second-order valence-corrected chi connectivity index (χ2v) is 11.1. The zero-order valence-electron chi connectivity index (χ0n) is 25.7. The van der Waals surface area contributed by atoms with Crippen LogP contribution in [0.2, 0.25) is 0 Å². The van der Waals surface area contributed by atoms with Crippen LogP contribution < -0.4 is 9.47 Å². The molecule has 0 heterocycles. The SMILES string of the molecule is CCCCCOc1[c]cc(C(=O)c2c(C)cc(C)cc2C)c(OCCCCC)c1C(=O)c1c(C)cc(C)cc1C. The summed E-state index contributed by atoms with van der Waals surface area (Å²) in [4.78, 5) is 28.6. The van der Waals surface area contributed by atoms with Gasteiger partial charge < -0.3 is 9.47 Å². The van der Waals surface area contributed by atoms with Crippen LogP contribution in [0.1, 0.15) is 118 Å². The first kappa shape index (κ1) is 31.1. The molecule has 0 aromatic heterocycles. The summed E-state index contributed by atoms with van der Waals surface area (Å²) in [6.07, 6.45) is 5.83. The Hall–Kier alpha value is -3.40. The van der Waals surface area contributed by atoms with Crippen molar-refractivity contribution < 1.29 is 19.1 Å². The van der Waals surface area contributed by atoms with Crippen molar-refractivity contribution in [3.05, 3.63) is 92.0 Å². The number of ether oxygens (including phenoxy) is 2. The second-order valence-electron chi connectivity index (χ2n) is 11.1. The molecule has 0 atom stereocenters. The fourth-order valence-corrected chi connectivity index (χ4v) is 5.54. The number of carbonyl (C=O) groups is 2. The van der Waals surface area contributed by atoms with Gasteiger partial charge in [-0.2, -0.15) is 0 Å². The Labute approximate surface area is 241 Å². The van der Waals surface area contributed by atoms with Crippen molar-refractivity contribution in [2.24, 2.45) is 0 Å². The van der Waals surface area contributed by atoms with Gasteiger partial charge in [0.25, 0.3) is 0 Å². The van der Waals surface area contributed by atoms with Crippen molar-refractivity contribution in [2.45, 2.75) is 93.9 Å². The maximum Gasteiger partial charge on any atom is 0.201 e. The summed E-state index contributed by atoms with van der Waals surface area (Å²) in [6.45, 7) is 17.0. The molecule has 1 radical (unpaired) electrons. The second kappa shape index (κ2) is 14.3. The quantitative estimate of drug-likeness (QED) is 0.151. The lowest BCUT2D eigenvalue weighted by Crippen LogP contribution is -2.17. The number of benzene rings is 3. The highest BCUT2D eigenvalue weighted by molar-refractivity contribution is 6.19. The molecule has 0 saturated heterocycles. The molecule has 0 saturated carbocycles. The van der Waals surface area contributed by atoms with Crippen molar-refractivity contribution in [3.63, 3.8) is 0 Å². The fourth-order valence-electron chi connectivity index (χ4n) is 5.54. The third-order valence-corrected chi connectivity index (χ3v) is 7.31. The normalized spacial score (nSPS) is 11.0. The van der Waals surface area contributed by atoms with E-state index < -0.39 is 0 Å². The summed E-state index contributed by atoms with van der Waals surface area (Å²) >= 11 is 0. The van der Waals surface area contributed by atoms with Crippen molar-refractivity contribution >= 4 is 11.6 Å². The van der Waals surface area contributed by atoms with Crippen LogP contribution in [-0.4, -0.2) is 24.8 Å². The van der Waals surface area contributed by atoms with Crippen molar-refractivity contribution in [1.29, 1.82) is 0 Å². The van der Waals surface area contributed by atoms with Gasteiger partial charge in [-0.3, -0.25) is 9.59 Å². The van der Waals surface area contributed by atoms with Crippen molar-refractivity contribution in [1.82, 2.24) is 0 Å². The van der Waals surface area contributed by atoms with Gasteiger partial charge in [-0.05, 0) is 82.7 Å². The predicted molar refractivity (Wildman–Crippen MR) is 163 cm³/mol. The minimum atomic E-state index is -0.200. The molecule has 213 valence electrons. The largest absolute Gasteiger partial charge is 0.492 e. The fraction of sp³-hybridized carbons (Fsp3) is 0.444. The van der Waals surface area contributed by atoms with Gasteiger partial charge in [0.15, 0.2) is 5.78 Å². The third-order valence-electron chi connectivity index (χ3n) is 7.31. The first-order chi connectivity index (χ1) is 19.1. The van der Waals surface area contributed by atoms with E-state index in [-0.39, 0.29) is 17.1 Å². The Morgan fingerprint density at radius 2 is 1.07 bits per heavy atom. The van der Waals surface area contributed by atoms with Crippen LogP contribution in [0.15, 0.2) is 30.3 Å². The number of unbranched alkanes of at least 4 members (excludes halogenated alkanes) is 4.